The SMILES string of the molecule is CC[C@H]1OC(=O)[C@H](C)C(=O)[C@H](C)[C@@H](O[C@@H]2O[C@H](C)C[C@H](N(C)C)[C@H]2O)[C@](C)(OC)C[C@@H](C)C(=O)[C@H](C)C2N(C3CN(Cc4c(O)cnc5ccc(C)nc45)C3)C(=O)O[C@@]21C. The lowest BCUT2D eigenvalue weighted by molar-refractivity contribution is -0.295. The Morgan fingerprint density at radius 2 is 1.70 bits per heavy atom. The summed E-state index contributed by atoms with van der Waals surface area (Å²) in [5.74, 6) is -5.12. The molecule has 0 aliphatic carbocycles. The number of aromatic hydroxyl groups is 1. The average molecular weight is 840 g/mol. The van der Waals surface area contributed by atoms with E-state index in [-0.39, 0.29) is 42.6 Å². The minimum Gasteiger partial charge on any atom is -0.506 e. The second-order valence-electron chi connectivity index (χ2n) is 18.4. The second kappa shape index (κ2) is 17.5. The molecule has 16 nitrogen and oxygen atoms in total. The Balaban J connectivity index is 1.33. The molecule has 2 N–H and O–H groups in total. The van der Waals surface area contributed by atoms with Gasteiger partial charge in [0.25, 0.3) is 0 Å². The van der Waals surface area contributed by atoms with Crippen LogP contribution in [0, 0.1) is 30.6 Å². The minimum absolute atomic E-state index is 0.0246. The summed E-state index contributed by atoms with van der Waals surface area (Å²) in [5, 5.41) is 22.3. The van der Waals surface area contributed by atoms with Crippen LogP contribution in [0.2, 0.25) is 0 Å². The van der Waals surface area contributed by atoms with Crippen LogP contribution in [0.1, 0.15) is 85.9 Å². The van der Waals surface area contributed by atoms with E-state index in [4.69, 9.17) is 23.7 Å². The number of hydrogen-bond acceptors (Lipinski definition) is 15. The van der Waals surface area contributed by atoms with E-state index in [1.54, 1.807) is 39.5 Å². The number of rotatable bonds is 8. The van der Waals surface area contributed by atoms with Gasteiger partial charge in [-0.2, -0.15) is 0 Å². The highest BCUT2D eigenvalue weighted by Crippen LogP contribution is 2.45. The summed E-state index contributed by atoms with van der Waals surface area (Å²) in [6, 6.07) is 2.21. The maximum Gasteiger partial charge on any atom is 0.411 e. The van der Waals surface area contributed by atoms with E-state index in [1.807, 2.05) is 51.9 Å². The number of carbonyl (C=O) groups is 4. The number of aryl methyl sites for hydroxylation is 1. The first-order chi connectivity index (χ1) is 28.1. The summed E-state index contributed by atoms with van der Waals surface area (Å²) >= 11 is 0. The molecule has 6 rings (SSSR count). The standard InChI is InChI=1S/C44H65N5O11/c1-13-33-44(9)38(49(42(55)60-44)28-19-48(20-28)21-29-32(50)18-45-30-15-14-23(3)46-34(29)30)25(5)35(51)22(2)17-43(8,56-12)39(26(6)36(52)27(7)40(54)58-33)59-41-37(53)31(47(10)11)16-24(4)57-41/h14-15,18,22,24-28,31,33,37-39,41,50,53H,13,16-17,19-21H2,1-12H3/t22-,24-,25+,26+,27-,31+,33-,37-,38?,39-,41+,43-,44-/m1/s1. The van der Waals surface area contributed by atoms with Gasteiger partial charge in [-0.15, -0.1) is 0 Å². The zero-order chi connectivity index (χ0) is 44.2. The molecule has 332 valence electrons. The maximum atomic E-state index is 14.9. The highest BCUT2D eigenvalue weighted by Gasteiger charge is 2.62. The molecule has 60 heavy (non-hydrogen) atoms. The van der Waals surface area contributed by atoms with Crippen LogP contribution >= 0.6 is 0 Å². The number of esters is 1. The Morgan fingerprint density at radius 3 is 2.33 bits per heavy atom. The monoisotopic (exact) mass is 839 g/mol. The fourth-order valence-electron chi connectivity index (χ4n) is 10.2. The molecule has 6 heterocycles. The summed E-state index contributed by atoms with van der Waals surface area (Å²) in [7, 11) is 5.22. The van der Waals surface area contributed by atoms with Crippen LogP contribution < -0.4 is 0 Å². The molecule has 4 fully saturated rings. The molecule has 13 atom stereocenters. The first kappa shape index (κ1) is 45.7. The van der Waals surface area contributed by atoms with Crippen molar-refractivity contribution < 1.29 is 53.1 Å². The van der Waals surface area contributed by atoms with Crippen molar-refractivity contribution in [1.82, 2.24) is 24.7 Å². The van der Waals surface area contributed by atoms with Gasteiger partial charge in [0.15, 0.2) is 17.7 Å². The lowest BCUT2D eigenvalue weighted by atomic mass is 9.73. The number of aromatic nitrogens is 2. The van der Waals surface area contributed by atoms with Crippen LogP contribution in [0.15, 0.2) is 18.3 Å². The van der Waals surface area contributed by atoms with Gasteiger partial charge >= 0.3 is 12.1 Å². The summed E-state index contributed by atoms with van der Waals surface area (Å²) < 4.78 is 31.4. The number of amides is 1. The number of methoxy groups -OCH3 is 1. The van der Waals surface area contributed by atoms with E-state index in [0.29, 0.717) is 42.7 Å². The fourth-order valence-corrected chi connectivity index (χ4v) is 10.2. The summed E-state index contributed by atoms with van der Waals surface area (Å²) in [5.41, 5.74) is -0.0760. The first-order valence-corrected chi connectivity index (χ1v) is 21.3. The van der Waals surface area contributed by atoms with Crippen LogP contribution in [-0.2, 0) is 44.6 Å². The topological polar surface area (TPSA) is 190 Å². The van der Waals surface area contributed by atoms with E-state index in [9.17, 15) is 29.4 Å². The lowest BCUT2D eigenvalue weighted by Gasteiger charge is -2.48. The Bertz CT molecular complexity index is 1940. The van der Waals surface area contributed by atoms with Gasteiger partial charge in [-0.1, -0.05) is 27.7 Å². The quantitative estimate of drug-likeness (QED) is 0.286. The van der Waals surface area contributed by atoms with Crippen LogP contribution in [0.5, 0.6) is 5.75 Å². The number of pyridine rings is 2. The normalized spacial score (nSPS) is 37.8. The van der Waals surface area contributed by atoms with Gasteiger partial charge < -0.3 is 38.8 Å². The average Bonchev–Trinajstić information content (AvgIpc) is 3.45. The number of carbonyl (C=O) groups excluding carboxylic acids is 4. The molecular weight excluding hydrogens is 775 g/mol. The van der Waals surface area contributed by atoms with Crippen molar-refractivity contribution in [3.8, 4) is 5.75 Å². The van der Waals surface area contributed by atoms with Crippen molar-refractivity contribution in [2.45, 2.75) is 148 Å². The number of aliphatic hydroxyl groups is 1. The van der Waals surface area contributed by atoms with E-state index < -0.39 is 83.4 Å². The van der Waals surface area contributed by atoms with Gasteiger partial charge in [0, 0.05) is 61.8 Å². The molecule has 0 radical (unpaired) electrons. The first-order valence-electron chi connectivity index (χ1n) is 21.3. The lowest BCUT2D eigenvalue weighted by Crippen LogP contribution is -2.65. The molecule has 4 aliphatic heterocycles. The summed E-state index contributed by atoms with van der Waals surface area (Å²) in [6.45, 7) is 16.9. The molecule has 4 saturated heterocycles. The number of nitrogens with zero attached hydrogens (tertiary/aromatic N) is 5. The molecule has 4 aliphatic rings. The zero-order valence-electron chi connectivity index (χ0n) is 37.2. The van der Waals surface area contributed by atoms with E-state index in [2.05, 4.69) is 14.9 Å². The second-order valence-corrected chi connectivity index (χ2v) is 18.4. The van der Waals surface area contributed by atoms with Gasteiger partial charge in [-0.3, -0.25) is 34.2 Å². The smallest absolute Gasteiger partial charge is 0.411 e. The molecule has 16 heteroatoms. The molecule has 1 amide bonds. The highest BCUT2D eigenvalue weighted by molar-refractivity contribution is 6.00. The van der Waals surface area contributed by atoms with E-state index >= 15 is 0 Å². The van der Waals surface area contributed by atoms with E-state index in [1.165, 1.54) is 20.2 Å². The molecule has 0 bridgehead atoms. The molecular formula is C44H65N5O11. The van der Waals surface area contributed by atoms with Crippen LogP contribution in [0.4, 0.5) is 4.79 Å². The van der Waals surface area contributed by atoms with Crippen LogP contribution in [0.3, 0.4) is 0 Å². The molecule has 0 saturated carbocycles. The van der Waals surface area contributed by atoms with Crippen LogP contribution in [-0.4, -0.2) is 153 Å². The number of likely N-dealkylation sites (tertiary alicyclic amines) is 1. The number of fused-ring (bicyclic) bond motifs is 2. The van der Waals surface area contributed by atoms with Gasteiger partial charge in [-0.05, 0) is 80.1 Å². The summed E-state index contributed by atoms with van der Waals surface area (Å²) in [6.07, 6.45) is -2.85. The molecule has 2 aromatic heterocycles. The van der Waals surface area contributed by atoms with Crippen molar-refractivity contribution in [3.05, 3.63) is 29.6 Å². The third kappa shape index (κ3) is 8.39. The maximum absolute atomic E-state index is 14.9. The Hall–Kier alpha value is -3.80. The minimum atomic E-state index is -1.46. The third-order valence-electron chi connectivity index (χ3n) is 13.7. The van der Waals surface area contributed by atoms with Gasteiger partial charge in [0.05, 0.1) is 47.1 Å². The van der Waals surface area contributed by atoms with Gasteiger partial charge in [-0.25, -0.2) is 4.79 Å². The van der Waals surface area contributed by atoms with Crippen LogP contribution in [0.25, 0.3) is 11.0 Å². The fraction of sp³-hybridized carbons (Fsp3) is 0.727. The van der Waals surface area contributed by atoms with Crippen molar-refractivity contribution in [1.29, 1.82) is 0 Å². The Labute approximate surface area is 353 Å². The number of ether oxygens (including phenoxy) is 5. The molecule has 2 aromatic rings. The van der Waals surface area contributed by atoms with Crippen molar-refractivity contribution >= 4 is 34.7 Å². The number of hydrogen-bond donors (Lipinski definition) is 2. The molecule has 0 aromatic carbocycles. The van der Waals surface area contributed by atoms with E-state index in [0.717, 1.165) is 5.69 Å². The van der Waals surface area contributed by atoms with Crippen molar-refractivity contribution in [3.63, 3.8) is 0 Å². The third-order valence-corrected chi connectivity index (χ3v) is 13.7. The number of Topliss-reactive ketones (excluding diaryl/α,β-unsaturated/α-hetero) is 2. The number of ketones is 2. The number of aliphatic hydroxyl groups excluding tert-OH is 1. The Kier molecular flexibility index (Phi) is 13.4. The predicted octanol–water partition coefficient (Wildman–Crippen LogP) is 4.03. The van der Waals surface area contributed by atoms with Crippen molar-refractivity contribution in [2.24, 2.45) is 23.7 Å². The highest BCUT2D eigenvalue weighted by atomic mass is 16.7. The molecule has 0 spiro atoms. The zero-order valence-corrected chi connectivity index (χ0v) is 37.2. The Morgan fingerprint density at radius 1 is 1.02 bits per heavy atom. The number of cyclic esters (lactones) is 1. The van der Waals surface area contributed by atoms with Crippen molar-refractivity contribution in [2.75, 3.05) is 34.3 Å². The number of likely N-dealkylation sites (N-methyl/N-ethyl adjacent to an activating group) is 1. The van der Waals surface area contributed by atoms with Gasteiger partial charge in [0.2, 0.25) is 0 Å². The largest absolute Gasteiger partial charge is 0.506 e. The predicted molar refractivity (Wildman–Crippen MR) is 220 cm³/mol. The molecule has 1 unspecified atom stereocenters. The van der Waals surface area contributed by atoms with Gasteiger partial charge in [0.1, 0.15) is 29.7 Å². The summed E-state index contributed by atoms with van der Waals surface area (Å²) in [4.78, 5) is 72.0.